The summed E-state index contributed by atoms with van der Waals surface area (Å²) in [6, 6.07) is 8.62. The van der Waals surface area contributed by atoms with Crippen LogP contribution in [-0.4, -0.2) is 55.3 Å². The van der Waals surface area contributed by atoms with E-state index in [0.717, 1.165) is 38.0 Å². The van der Waals surface area contributed by atoms with E-state index in [1.165, 1.54) is 12.6 Å². The van der Waals surface area contributed by atoms with Gasteiger partial charge in [0.2, 0.25) is 10.0 Å². The van der Waals surface area contributed by atoms with Crippen LogP contribution in [0.3, 0.4) is 0 Å². The van der Waals surface area contributed by atoms with E-state index in [1.54, 1.807) is 0 Å². The van der Waals surface area contributed by atoms with Gasteiger partial charge in [0.15, 0.2) is 0 Å². The van der Waals surface area contributed by atoms with E-state index >= 15 is 0 Å². The van der Waals surface area contributed by atoms with E-state index in [9.17, 15) is 8.42 Å². The maximum Gasteiger partial charge on any atom is 0.211 e. The first kappa shape index (κ1) is 16.4. The molecule has 0 aliphatic carbocycles. The summed E-state index contributed by atoms with van der Waals surface area (Å²) in [6.45, 7) is 2.83. The van der Waals surface area contributed by atoms with Crippen LogP contribution < -0.4 is 4.72 Å². The minimum absolute atomic E-state index is 0.193. The van der Waals surface area contributed by atoms with Gasteiger partial charge < -0.3 is 9.47 Å². The lowest BCUT2D eigenvalue weighted by molar-refractivity contribution is 0.180. The van der Waals surface area contributed by atoms with E-state index in [2.05, 4.69) is 25.2 Å². The molecule has 1 aromatic heterocycles. The van der Waals surface area contributed by atoms with Crippen LogP contribution in [0.4, 0.5) is 0 Å². The number of nitrogens with one attached hydrogen (secondary N) is 1. The average Bonchev–Trinajstić information content (AvgIpc) is 2.99. The smallest absolute Gasteiger partial charge is 0.211 e. The largest absolute Gasteiger partial charge is 0.326 e. The van der Waals surface area contributed by atoms with Gasteiger partial charge in [-0.1, -0.05) is 12.1 Å². The molecule has 1 aliphatic rings. The number of sulfonamides is 1. The third kappa shape index (κ3) is 3.91. The molecule has 126 valence electrons. The molecule has 1 saturated heterocycles. The van der Waals surface area contributed by atoms with Gasteiger partial charge in [-0.3, -0.25) is 0 Å². The first-order chi connectivity index (χ1) is 11.1. The van der Waals surface area contributed by atoms with Crippen molar-refractivity contribution in [3.05, 3.63) is 30.6 Å². The number of likely N-dealkylation sites (tertiary alicyclic amines) is 1. The van der Waals surface area contributed by atoms with Crippen molar-refractivity contribution in [2.45, 2.75) is 25.3 Å². The van der Waals surface area contributed by atoms with Crippen LogP contribution in [0, 0.1) is 0 Å². The number of nitrogens with zero attached hydrogens (tertiary/aromatic N) is 3. The molecule has 7 heteroatoms. The molecule has 1 atom stereocenters. The van der Waals surface area contributed by atoms with Crippen molar-refractivity contribution in [1.82, 2.24) is 19.2 Å². The van der Waals surface area contributed by atoms with Crippen LogP contribution >= 0.6 is 0 Å². The Morgan fingerprint density at radius 1 is 1.35 bits per heavy atom. The number of piperidine rings is 1. The zero-order valence-electron chi connectivity index (χ0n) is 13.5. The van der Waals surface area contributed by atoms with Gasteiger partial charge in [0, 0.05) is 12.6 Å². The number of para-hydroxylation sites is 2. The molecule has 0 saturated carbocycles. The Labute approximate surface area is 137 Å². The van der Waals surface area contributed by atoms with Gasteiger partial charge in [-0.15, -0.1) is 0 Å². The van der Waals surface area contributed by atoms with Gasteiger partial charge >= 0.3 is 0 Å². The molecule has 23 heavy (non-hydrogen) atoms. The minimum Gasteiger partial charge on any atom is -0.326 e. The first-order valence-electron chi connectivity index (χ1n) is 8.14. The Morgan fingerprint density at radius 2 is 2.17 bits per heavy atom. The SMILES string of the molecule is CNS(=O)(=O)CCCN1CCC[C@@H](n2cnc3ccccc32)C1. The molecular formula is C16H24N4O2S. The highest BCUT2D eigenvalue weighted by atomic mass is 32.2. The standard InChI is InChI=1S/C16H24N4O2S/c1-17-23(21,22)11-5-10-19-9-4-6-14(12-19)20-13-18-15-7-2-3-8-16(15)20/h2-3,7-8,13-14,17H,4-6,9-12H2,1H3/t14-/m1/s1. The zero-order chi connectivity index (χ0) is 16.3. The predicted octanol–water partition coefficient (Wildman–Crippen LogP) is 1.61. The lowest BCUT2D eigenvalue weighted by atomic mass is 10.1. The second-order valence-corrected chi connectivity index (χ2v) is 8.16. The monoisotopic (exact) mass is 336 g/mol. The lowest BCUT2D eigenvalue weighted by Crippen LogP contribution is -2.38. The van der Waals surface area contributed by atoms with Crippen LogP contribution in [-0.2, 0) is 10.0 Å². The molecule has 2 aromatic rings. The van der Waals surface area contributed by atoms with E-state index in [0.29, 0.717) is 12.5 Å². The Kier molecular flexibility index (Phi) is 4.99. The van der Waals surface area contributed by atoms with E-state index in [-0.39, 0.29) is 5.75 Å². The predicted molar refractivity (Wildman–Crippen MR) is 91.9 cm³/mol. The highest BCUT2D eigenvalue weighted by Gasteiger charge is 2.22. The summed E-state index contributed by atoms with van der Waals surface area (Å²) in [5.74, 6) is 0.193. The van der Waals surface area contributed by atoms with Crippen LogP contribution in [0.2, 0.25) is 0 Å². The highest BCUT2D eigenvalue weighted by molar-refractivity contribution is 7.89. The Bertz CT molecular complexity index is 756. The van der Waals surface area contributed by atoms with Crippen LogP contribution in [0.15, 0.2) is 30.6 Å². The fraction of sp³-hybridized carbons (Fsp3) is 0.562. The fourth-order valence-electron chi connectivity index (χ4n) is 3.31. The van der Waals surface area contributed by atoms with Crippen molar-refractivity contribution in [2.75, 3.05) is 32.4 Å². The van der Waals surface area contributed by atoms with Gasteiger partial charge in [-0.05, 0) is 51.5 Å². The normalized spacial score (nSPS) is 20.1. The maximum atomic E-state index is 11.5. The number of benzene rings is 1. The summed E-state index contributed by atoms with van der Waals surface area (Å²) < 4.78 is 27.6. The van der Waals surface area contributed by atoms with Crippen molar-refractivity contribution in [3.63, 3.8) is 0 Å². The van der Waals surface area contributed by atoms with Crippen LogP contribution in [0.1, 0.15) is 25.3 Å². The number of hydrogen-bond acceptors (Lipinski definition) is 4. The Hall–Kier alpha value is -1.44. The average molecular weight is 336 g/mol. The topological polar surface area (TPSA) is 67.2 Å². The van der Waals surface area contributed by atoms with Crippen LogP contribution in [0.5, 0.6) is 0 Å². The summed E-state index contributed by atoms with van der Waals surface area (Å²) in [5, 5.41) is 0. The van der Waals surface area contributed by atoms with E-state index in [1.807, 2.05) is 24.5 Å². The van der Waals surface area contributed by atoms with Crippen molar-refractivity contribution >= 4 is 21.1 Å². The van der Waals surface area contributed by atoms with Gasteiger partial charge in [-0.2, -0.15) is 0 Å². The molecule has 1 N–H and O–H groups in total. The number of rotatable bonds is 6. The second kappa shape index (κ2) is 6.98. The van der Waals surface area contributed by atoms with Gasteiger partial charge in [0.05, 0.1) is 23.1 Å². The number of imidazole rings is 1. The third-order valence-electron chi connectivity index (χ3n) is 4.55. The molecule has 0 amide bonds. The molecule has 3 rings (SSSR count). The fourth-order valence-corrected chi connectivity index (χ4v) is 4.02. The molecule has 1 aromatic carbocycles. The summed E-state index contributed by atoms with van der Waals surface area (Å²) in [7, 11) is -1.63. The quantitative estimate of drug-likeness (QED) is 0.870. The summed E-state index contributed by atoms with van der Waals surface area (Å²) in [4.78, 5) is 6.85. The number of aromatic nitrogens is 2. The summed E-state index contributed by atoms with van der Waals surface area (Å²) in [5.41, 5.74) is 2.21. The van der Waals surface area contributed by atoms with Gasteiger partial charge in [-0.25, -0.2) is 18.1 Å². The molecule has 6 nitrogen and oxygen atoms in total. The van der Waals surface area contributed by atoms with Gasteiger partial charge in [0.1, 0.15) is 0 Å². The number of hydrogen-bond donors (Lipinski definition) is 1. The Balaban J connectivity index is 1.62. The minimum atomic E-state index is -3.10. The second-order valence-electron chi connectivity index (χ2n) is 6.11. The molecule has 0 spiro atoms. The molecule has 1 aliphatic heterocycles. The molecule has 2 heterocycles. The van der Waals surface area contributed by atoms with Gasteiger partial charge in [0.25, 0.3) is 0 Å². The molecular weight excluding hydrogens is 312 g/mol. The first-order valence-corrected chi connectivity index (χ1v) is 9.79. The Morgan fingerprint density at radius 3 is 3.00 bits per heavy atom. The van der Waals surface area contributed by atoms with Crippen molar-refractivity contribution in [3.8, 4) is 0 Å². The summed E-state index contributed by atoms with van der Waals surface area (Å²) >= 11 is 0. The zero-order valence-corrected chi connectivity index (χ0v) is 14.3. The van der Waals surface area contributed by atoms with Crippen molar-refractivity contribution < 1.29 is 8.42 Å². The molecule has 1 fully saturated rings. The van der Waals surface area contributed by atoms with E-state index in [4.69, 9.17) is 0 Å². The lowest BCUT2D eigenvalue weighted by Gasteiger charge is -2.33. The number of fused-ring (bicyclic) bond motifs is 1. The van der Waals surface area contributed by atoms with Crippen molar-refractivity contribution in [2.24, 2.45) is 0 Å². The molecule has 0 bridgehead atoms. The third-order valence-corrected chi connectivity index (χ3v) is 6.00. The molecule has 0 radical (unpaired) electrons. The van der Waals surface area contributed by atoms with E-state index < -0.39 is 10.0 Å². The molecule has 0 unspecified atom stereocenters. The highest BCUT2D eigenvalue weighted by Crippen LogP contribution is 2.25. The van der Waals surface area contributed by atoms with Crippen LogP contribution in [0.25, 0.3) is 11.0 Å². The van der Waals surface area contributed by atoms with Crippen molar-refractivity contribution in [1.29, 1.82) is 0 Å². The maximum absolute atomic E-state index is 11.5. The summed E-state index contributed by atoms with van der Waals surface area (Å²) in [6.07, 6.45) is 4.88.